The van der Waals surface area contributed by atoms with Gasteiger partial charge in [0.05, 0.1) is 12.9 Å². The maximum absolute atomic E-state index is 11.9. The van der Waals surface area contributed by atoms with Gasteiger partial charge in [-0.2, -0.15) is 0 Å². The van der Waals surface area contributed by atoms with E-state index < -0.39 is 11.5 Å². The molecule has 1 amide bonds. The molecule has 1 aliphatic rings. The summed E-state index contributed by atoms with van der Waals surface area (Å²) in [4.78, 5) is 23.4. The maximum Gasteiger partial charge on any atom is 0.329 e. The highest BCUT2D eigenvalue weighted by Gasteiger charge is 2.48. The van der Waals surface area contributed by atoms with Crippen molar-refractivity contribution in [2.45, 2.75) is 32.7 Å². The second-order valence-electron chi connectivity index (χ2n) is 4.84. The van der Waals surface area contributed by atoms with Crippen LogP contribution in [0.4, 0.5) is 0 Å². The molecule has 0 spiro atoms. The molecule has 98 valence electrons. The largest absolute Gasteiger partial charge is 0.469 e. The lowest BCUT2D eigenvalue weighted by molar-refractivity contribution is -0.148. The molecule has 1 aromatic rings. The van der Waals surface area contributed by atoms with E-state index in [1.54, 1.807) is 19.3 Å². The van der Waals surface area contributed by atoms with Crippen molar-refractivity contribution in [2.75, 3.05) is 6.61 Å². The Hall–Kier alpha value is -1.78. The molecule has 0 aliphatic carbocycles. The molecular weight excluding hydrogens is 234 g/mol. The minimum absolute atomic E-state index is 0.123. The number of amides is 1. The second-order valence-corrected chi connectivity index (χ2v) is 4.84. The van der Waals surface area contributed by atoms with Gasteiger partial charge < -0.3 is 14.5 Å². The van der Waals surface area contributed by atoms with E-state index in [4.69, 9.17) is 9.15 Å². The summed E-state index contributed by atoms with van der Waals surface area (Å²) < 4.78 is 10.3. The monoisotopic (exact) mass is 251 g/mol. The lowest BCUT2D eigenvalue weighted by atomic mass is 9.78. The van der Waals surface area contributed by atoms with Gasteiger partial charge in [-0.05, 0) is 19.1 Å². The molecule has 2 unspecified atom stereocenters. The fraction of sp³-hybridized carbons (Fsp3) is 0.538. The number of nitrogens with one attached hydrogen (secondary N) is 1. The van der Waals surface area contributed by atoms with E-state index in [9.17, 15) is 9.59 Å². The van der Waals surface area contributed by atoms with Crippen molar-refractivity contribution in [2.24, 2.45) is 5.41 Å². The Balaban J connectivity index is 2.17. The molecule has 5 nitrogen and oxygen atoms in total. The molecule has 0 saturated carbocycles. The summed E-state index contributed by atoms with van der Waals surface area (Å²) >= 11 is 0. The molecule has 0 aromatic carbocycles. The topological polar surface area (TPSA) is 68.5 Å². The Morgan fingerprint density at radius 2 is 2.44 bits per heavy atom. The van der Waals surface area contributed by atoms with E-state index in [-0.39, 0.29) is 11.9 Å². The number of carbonyl (C=O) groups is 2. The first kappa shape index (κ1) is 12.7. The summed E-state index contributed by atoms with van der Waals surface area (Å²) in [6.45, 7) is 3.95. The van der Waals surface area contributed by atoms with Crippen molar-refractivity contribution >= 4 is 11.9 Å². The van der Waals surface area contributed by atoms with Gasteiger partial charge in [0.2, 0.25) is 5.91 Å². The molecule has 2 heterocycles. The van der Waals surface area contributed by atoms with E-state index in [0.717, 1.165) is 5.76 Å². The SMILES string of the molecule is CCOC(=O)C1NC(=O)CC1(C)Cc1ccco1. The zero-order valence-electron chi connectivity index (χ0n) is 10.6. The van der Waals surface area contributed by atoms with Crippen LogP contribution in [-0.2, 0) is 20.7 Å². The van der Waals surface area contributed by atoms with E-state index >= 15 is 0 Å². The van der Waals surface area contributed by atoms with Gasteiger partial charge in [-0.15, -0.1) is 0 Å². The zero-order chi connectivity index (χ0) is 13.2. The van der Waals surface area contributed by atoms with E-state index in [2.05, 4.69) is 5.32 Å². The molecule has 0 bridgehead atoms. The fourth-order valence-corrected chi connectivity index (χ4v) is 2.40. The van der Waals surface area contributed by atoms with Crippen molar-refractivity contribution < 1.29 is 18.7 Å². The first-order chi connectivity index (χ1) is 8.55. The van der Waals surface area contributed by atoms with Crippen molar-refractivity contribution in [3.63, 3.8) is 0 Å². The summed E-state index contributed by atoms with van der Waals surface area (Å²) in [7, 11) is 0. The van der Waals surface area contributed by atoms with Gasteiger partial charge in [0.25, 0.3) is 0 Å². The van der Waals surface area contributed by atoms with Crippen LogP contribution in [0, 0.1) is 5.41 Å². The molecule has 1 aromatic heterocycles. The van der Waals surface area contributed by atoms with E-state index in [0.29, 0.717) is 19.4 Å². The van der Waals surface area contributed by atoms with Crippen LogP contribution in [0.2, 0.25) is 0 Å². The molecule has 1 N–H and O–H groups in total. The second kappa shape index (κ2) is 4.84. The number of carbonyl (C=O) groups excluding carboxylic acids is 2. The van der Waals surface area contributed by atoms with Crippen LogP contribution in [0.15, 0.2) is 22.8 Å². The average Bonchev–Trinajstić information content (AvgIpc) is 2.87. The van der Waals surface area contributed by atoms with Gasteiger partial charge >= 0.3 is 5.97 Å². The van der Waals surface area contributed by atoms with Gasteiger partial charge in [-0.1, -0.05) is 6.92 Å². The molecule has 1 aliphatic heterocycles. The Kier molecular flexibility index (Phi) is 3.41. The molecule has 0 radical (unpaired) electrons. The van der Waals surface area contributed by atoms with Crippen molar-refractivity contribution in [3.8, 4) is 0 Å². The summed E-state index contributed by atoms with van der Waals surface area (Å²) in [5.74, 6) is 0.266. The molecule has 2 atom stereocenters. The predicted molar refractivity (Wildman–Crippen MR) is 63.7 cm³/mol. The molecule has 1 fully saturated rings. The minimum Gasteiger partial charge on any atom is -0.469 e. The molecule has 1 saturated heterocycles. The molecule has 2 rings (SSSR count). The number of hydrogen-bond donors (Lipinski definition) is 1. The highest BCUT2D eigenvalue weighted by molar-refractivity contribution is 5.89. The van der Waals surface area contributed by atoms with E-state index in [1.165, 1.54) is 0 Å². The first-order valence-electron chi connectivity index (χ1n) is 6.03. The Morgan fingerprint density at radius 3 is 3.06 bits per heavy atom. The molecule has 18 heavy (non-hydrogen) atoms. The number of hydrogen-bond acceptors (Lipinski definition) is 4. The van der Waals surface area contributed by atoms with Crippen molar-refractivity contribution in [3.05, 3.63) is 24.2 Å². The van der Waals surface area contributed by atoms with Gasteiger partial charge in [0.15, 0.2) is 0 Å². The lowest BCUT2D eigenvalue weighted by Gasteiger charge is -2.27. The van der Waals surface area contributed by atoms with E-state index in [1.807, 2.05) is 13.0 Å². The third-order valence-corrected chi connectivity index (χ3v) is 3.25. The van der Waals surface area contributed by atoms with Crippen molar-refractivity contribution in [1.82, 2.24) is 5.32 Å². The Bertz CT molecular complexity index is 440. The van der Waals surface area contributed by atoms with Crippen LogP contribution in [-0.4, -0.2) is 24.5 Å². The molecular formula is C13H17NO4. The summed E-state index contributed by atoms with van der Waals surface area (Å²) in [6.07, 6.45) is 2.42. The summed E-state index contributed by atoms with van der Waals surface area (Å²) in [5.41, 5.74) is -0.499. The number of esters is 1. The average molecular weight is 251 g/mol. The third-order valence-electron chi connectivity index (χ3n) is 3.25. The zero-order valence-corrected chi connectivity index (χ0v) is 10.6. The van der Waals surface area contributed by atoms with Gasteiger partial charge in [-0.25, -0.2) is 4.79 Å². The number of ether oxygens (including phenoxy) is 1. The normalized spacial score (nSPS) is 27.0. The summed E-state index contributed by atoms with van der Waals surface area (Å²) in [5, 5.41) is 2.69. The summed E-state index contributed by atoms with van der Waals surface area (Å²) in [6, 6.07) is 3.04. The maximum atomic E-state index is 11.9. The Morgan fingerprint density at radius 1 is 1.67 bits per heavy atom. The number of rotatable bonds is 4. The predicted octanol–water partition coefficient (Wildman–Crippen LogP) is 1.28. The standard InChI is InChI=1S/C13H17NO4/c1-3-17-12(16)11-13(2,8-10(15)14-11)7-9-5-4-6-18-9/h4-6,11H,3,7-8H2,1-2H3,(H,14,15). The highest BCUT2D eigenvalue weighted by atomic mass is 16.5. The van der Waals surface area contributed by atoms with Crippen LogP contribution >= 0.6 is 0 Å². The van der Waals surface area contributed by atoms with Crippen LogP contribution in [0.1, 0.15) is 26.0 Å². The van der Waals surface area contributed by atoms with Gasteiger partial charge in [0, 0.05) is 18.3 Å². The van der Waals surface area contributed by atoms with Crippen molar-refractivity contribution in [1.29, 1.82) is 0 Å². The molecule has 5 heteroatoms. The van der Waals surface area contributed by atoms with Crippen LogP contribution in [0.3, 0.4) is 0 Å². The third kappa shape index (κ3) is 2.39. The van der Waals surface area contributed by atoms with Crippen LogP contribution in [0.5, 0.6) is 0 Å². The van der Waals surface area contributed by atoms with Gasteiger partial charge in [0.1, 0.15) is 11.8 Å². The smallest absolute Gasteiger partial charge is 0.329 e. The van der Waals surface area contributed by atoms with Crippen LogP contribution < -0.4 is 5.32 Å². The van der Waals surface area contributed by atoms with Gasteiger partial charge in [-0.3, -0.25) is 4.79 Å². The minimum atomic E-state index is -0.602. The lowest BCUT2D eigenvalue weighted by Crippen LogP contribution is -2.44. The first-order valence-corrected chi connectivity index (χ1v) is 6.03. The van der Waals surface area contributed by atoms with Crippen LogP contribution in [0.25, 0.3) is 0 Å². The quantitative estimate of drug-likeness (QED) is 0.818. The number of furan rings is 1. The highest BCUT2D eigenvalue weighted by Crippen LogP contribution is 2.36. The Labute approximate surface area is 105 Å². The fourth-order valence-electron chi connectivity index (χ4n) is 2.40.